The molecule has 0 spiro atoms. The summed E-state index contributed by atoms with van der Waals surface area (Å²) in [4.78, 5) is 12.6. The summed E-state index contributed by atoms with van der Waals surface area (Å²) >= 11 is 0. The minimum Gasteiger partial charge on any atom is -0.356 e. The Morgan fingerprint density at radius 1 is 1.14 bits per heavy atom. The maximum atomic E-state index is 12.6. The van der Waals surface area contributed by atoms with Gasteiger partial charge in [-0.05, 0) is 36.5 Å². The molecule has 3 unspecified atom stereocenters. The topological polar surface area (TPSA) is 55.1 Å². The first-order chi connectivity index (χ1) is 9.93. The second-order valence-electron chi connectivity index (χ2n) is 7.99. The Morgan fingerprint density at radius 3 is 2.48 bits per heavy atom. The number of nitrogens with two attached hydrogens (primary N) is 1. The van der Waals surface area contributed by atoms with Gasteiger partial charge in [-0.2, -0.15) is 0 Å². The van der Waals surface area contributed by atoms with Gasteiger partial charge in [0.15, 0.2) is 0 Å². The summed E-state index contributed by atoms with van der Waals surface area (Å²) in [7, 11) is 0. The van der Waals surface area contributed by atoms with E-state index in [4.69, 9.17) is 5.73 Å². The van der Waals surface area contributed by atoms with Gasteiger partial charge in [0.25, 0.3) is 0 Å². The van der Waals surface area contributed by atoms with E-state index in [1.54, 1.807) is 0 Å². The van der Waals surface area contributed by atoms with E-state index in [9.17, 15) is 4.79 Å². The smallest absolute Gasteiger partial charge is 0.223 e. The van der Waals surface area contributed by atoms with Crippen LogP contribution in [0.15, 0.2) is 0 Å². The van der Waals surface area contributed by atoms with Crippen molar-refractivity contribution in [3.05, 3.63) is 0 Å². The molecule has 0 heterocycles. The zero-order chi connectivity index (χ0) is 15.5. The second-order valence-corrected chi connectivity index (χ2v) is 7.99. The number of amides is 1. The summed E-state index contributed by atoms with van der Waals surface area (Å²) in [6.45, 7) is 7.48. The van der Waals surface area contributed by atoms with Gasteiger partial charge in [0, 0.05) is 18.5 Å². The fourth-order valence-corrected chi connectivity index (χ4v) is 4.32. The molecule has 3 N–H and O–H groups in total. The van der Waals surface area contributed by atoms with Crippen LogP contribution in [0.5, 0.6) is 0 Å². The van der Waals surface area contributed by atoms with Crippen molar-refractivity contribution < 1.29 is 4.79 Å². The summed E-state index contributed by atoms with van der Waals surface area (Å²) < 4.78 is 0. The molecule has 2 aliphatic carbocycles. The molecule has 21 heavy (non-hydrogen) atoms. The molecule has 1 amide bonds. The van der Waals surface area contributed by atoms with Gasteiger partial charge in [0.05, 0.1) is 0 Å². The summed E-state index contributed by atoms with van der Waals surface area (Å²) in [5.74, 6) is 1.62. The minimum absolute atomic E-state index is 0.00654. The predicted molar refractivity (Wildman–Crippen MR) is 87.8 cm³/mol. The van der Waals surface area contributed by atoms with Crippen molar-refractivity contribution in [1.82, 2.24) is 5.32 Å². The number of rotatable bonds is 4. The number of hydrogen-bond donors (Lipinski definition) is 2. The van der Waals surface area contributed by atoms with E-state index in [0.29, 0.717) is 5.92 Å². The van der Waals surface area contributed by atoms with Gasteiger partial charge in [-0.15, -0.1) is 0 Å². The number of nitrogens with one attached hydrogen (secondary N) is 1. The summed E-state index contributed by atoms with van der Waals surface area (Å²) in [5.41, 5.74) is 6.19. The molecule has 3 heteroatoms. The second kappa shape index (κ2) is 7.13. The molecule has 0 aromatic rings. The van der Waals surface area contributed by atoms with Crippen molar-refractivity contribution in [3.63, 3.8) is 0 Å². The molecular formula is C18H34N2O. The zero-order valence-electron chi connectivity index (χ0n) is 14.2. The molecule has 3 atom stereocenters. The van der Waals surface area contributed by atoms with Gasteiger partial charge in [0.1, 0.15) is 0 Å². The first-order valence-electron chi connectivity index (χ1n) is 8.96. The van der Waals surface area contributed by atoms with Crippen LogP contribution in [0.1, 0.15) is 72.1 Å². The SMILES string of the molecule is CC1C(N)CCC(C(=O)NCCC2CCCCC2)C1(C)C. The van der Waals surface area contributed by atoms with Gasteiger partial charge < -0.3 is 11.1 Å². The standard InChI is InChI=1S/C18H34N2O/c1-13-16(19)10-9-15(18(13,2)3)17(21)20-12-11-14-7-5-4-6-8-14/h13-16H,4-12,19H2,1-3H3,(H,20,21). The minimum atomic E-state index is 0.00654. The maximum Gasteiger partial charge on any atom is 0.223 e. The highest BCUT2D eigenvalue weighted by molar-refractivity contribution is 5.79. The van der Waals surface area contributed by atoms with Gasteiger partial charge in [-0.3, -0.25) is 4.79 Å². The Balaban J connectivity index is 1.79. The predicted octanol–water partition coefficient (Wildman–Crippen LogP) is 3.47. The Morgan fingerprint density at radius 2 is 1.81 bits per heavy atom. The van der Waals surface area contributed by atoms with Crippen LogP contribution >= 0.6 is 0 Å². The molecule has 0 aromatic carbocycles. The lowest BCUT2D eigenvalue weighted by Gasteiger charge is -2.46. The Bertz CT molecular complexity index is 347. The van der Waals surface area contributed by atoms with Crippen LogP contribution in [0.25, 0.3) is 0 Å². The van der Waals surface area contributed by atoms with Crippen molar-refractivity contribution in [1.29, 1.82) is 0 Å². The Hall–Kier alpha value is -0.570. The molecule has 0 radical (unpaired) electrons. The molecule has 0 bridgehead atoms. The molecule has 122 valence electrons. The van der Waals surface area contributed by atoms with E-state index < -0.39 is 0 Å². The van der Waals surface area contributed by atoms with E-state index in [2.05, 4.69) is 26.1 Å². The molecule has 2 saturated carbocycles. The average Bonchev–Trinajstić information content (AvgIpc) is 2.46. The molecule has 2 fully saturated rings. The summed E-state index contributed by atoms with van der Waals surface area (Å²) in [6, 6.07) is 0.242. The highest BCUT2D eigenvalue weighted by Crippen LogP contribution is 2.44. The van der Waals surface area contributed by atoms with E-state index in [-0.39, 0.29) is 23.3 Å². The number of hydrogen-bond acceptors (Lipinski definition) is 2. The van der Waals surface area contributed by atoms with Crippen LogP contribution in [0.4, 0.5) is 0 Å². The highest BCUT2D eigenvalue weighted by atomic mass is 16.1. The van der Waals surface area contributed by atoms with E-state index in [1.807, 2.05) is 0 Å². The van der Waals surface area contributed by atoms with Crippen molar-refractivity contribution in [2.75, 3.05) is 6.54 Å². The molecule has 0 aromatic heterocycles. The Kier molecular flexibility index (Phi) is 5.70. The number of carbonyl (C=O) groups excluding carboxylic acids is 1. The van der Waals surface area contributed by atoms with Crippen molar-refractivity contribution in [2.45, 2.75) is 78.2 Å². The molecule has 2 aliphatic rings. The third-order valence-electron chi connectivity index (χ3n) is 6.40. The van der Waals surface area contributed by atoms with Gasteiger partial charge in [-0.1, -0.05) is 52.9 Å². The molecule has 0 aliphatic heterocycles. The van der Waals surface area contributed by atoms with Crippen molar-refractivity contribution in [2.24, 2.45) is 28.9 Å². The first kappa shape index (κ1) is 16.8. The zero-order valence-corrected chi connectivity index (χ0v) is 14.2. The largest absolute Gasteiger partial charge is 0.356 e. The fourth-order valence-electron chi connectivity index (χ4n) is 4.32. The lowest BCUT2D eigenvalue weighted by molar-refractivity contribution is -0.132. The monoisotopic (exact) mass is 294 g/mol. The quantitative estimate of drug-likeness (QED) is 0.834. The molecular weight excluding hydrogens is 260 g/mol. The third kappa shape index (κ3) is 4.00. The van der Waals surface area contributed by atoms with Crippen LogP contribution in [-0.2, 0) is 4.79 Å². The van der Waals surface area contributed by atoms with E-state index in [1.165, 1.54) is 32.1 Å². The van der Waals surface area contributed by atoms with E-state index >= 15 is 0 Å². The lowest BCUT2D eigenvalue weighted by atomic mass is 9.61. The average molecular weight is 294 g/mol. The third-order valence-corrected chi connectivity index (χ3v) is 6.40. The van der Waals surface area contributed by atoms with Crippen LogP contribution in [0, 0.1) is 23.2 Å². The van der Waals surface area contributed by atoms with Crippen molar-refractivity contribution >= 4 is 5.91 Å². The molecule has 2 rings (SSSR count). The van der Waals surface area contributed by atoms with Crippen LogP contribution in [-0.4, -0.2) is 18.5 Å². The summed E-state index contributed by atoms with van der Waals surface area (Å²) in [6.07, 6.45) is 9.95. The number of carbonyl (C=O) groups is 1. The van der Waals surface area contributed by atoms with Gasteiger partial charge in [0.2, 0.25) is 5.91 Å². The highest BCUT2D eigenvalue weighted by Gasteiger charge is 2.44. The maximum absolute atomic E-state index is 12.6. The summed E-state index contributed by atoms with van der Waals surface area (Å²) in [5, 5.41) is 3.21. The van der Waals surface area contributed by atoms with Gasteiger partial charge >= 0.3 is 0 Å². The van der Waals surface area contributed by atoms with Crippen molar-refractivity contribution in [3.8, 4) is 0 Å². The molecule has 0 saturated heterocycles. The van der Waals surface area contributed by atoms with Gasteiger partial charge in [-0.25, -0.2) is 0 Å². The normalized spacial score (nSPS) is 33.6. The lowest BCUT2D eigenvalue weighted by Crippen LogP contribution is -2.51. The van der Waals surface area contributed by atoms with E-state index in [0.717, 1.165) is 31.7 Å². The van der Waals surface area contributed by atoms with Crippen LogP contribution in [0.2, 0.25) is 0 Å². The van der Waals surface area contributed by atoms with Crippen LogP contribution < -0.4 is 11.1 Å². The first-order valence-corrected chi connectivity index (χ1v) is 8.96. The Labute approximate surface area is 130 Å². The van der Waals surface area contributed by atoms with Crippen LogP contribution in [0.3, 0.4) is 0 Å². The fraction of sp³-hybridized carbons (Fsp3) is 0.944. The molecule has 3 nitrogen and oxygen atoms in total.